The SMILES string of the molecule is O=C(NCCOc1ccc2c(c1)CCC2)c1ccc(F)cc1Br. The zero-order chi connectivity index (χ0) is 16.2. The molecular weight excluding hydrogens is 361 g/mol. The predicted octanol–water partition coefficient (Wildman–Crippen LogP) is 3.89. The van der Waals surface area contributed by atoms with Crippen molar-refractivity contribution in [3.05, 3.63) is 63.4 Å². The van der Waals surface area contributed by atoms with Crippen LogP contribution >= 0.6 is 15.9 Å². The van der Waals surface area contributed by atoms with E-state index in [2.05, 4.69) is 33.4 Å². The Labute approximate surface area is 143 Å². The van der Waals surface area contributed by atoms with E-state index in [9.17, 15) is 9.18 Å². The Balaban J connectivity index is 1.49. The van der Waals surface area contributed by atoms with Gasteiger partial charge < -0.3 is 10.1 Å². The standard InChI is InChI=1S/C18H17BrFNO2/c19-17-11-14(20)5-7-16(17)18(22)21-8-9-23-15-6-4-12-2-1-3-13(12)10-15/h4-7,10-11H,1-3,8-9H2,(H,21,22). The normalized spacial score (nSPS) is 12.8. The summed E-state index contributed by atoms with van der Waals surface area (Å²) in [7, 11) is 0. The second-order valence-corrected chi connectivity index (χ2v) is 6.37. The molecule has 23 heavy (non-hydrogen) atoms. The lowest BCUT2D eigenvalue weighted by atomic mass is 10.1. The summed E-state index contributed by atoms with van der Waals surface area (Å²) in [6.45, 7) is 0.781. The summed E-state index contributed by atoms with van der Waals surface area (Å²) in [4.78, 5) is 12.0. The van der Waals surface area contributed by atoms with Crippen LogP contribution in [-0.4, -0.2) is 19.1 Å². The van der Waals surface area contributed by atoms with Crippen LogP contribution in [0.15, 0.2) is 40.9 Å². The molecule has 2 aromatic rings. The fourth-order valence-corrected chi connectivity index (χ4v) is 3.27. The molecule has 0 saturated heterocycles. The molecule has 3 nitrogen and oxygen atoms in total. The molecule has 0 radical (unpaired) electrons. The molecule has 0 aliphatic heterocycles. The Kier molecular flexibility index (Phi) is 4.96. The number of hydrogen-bond acceptors (Lipinski definition) is 2. The average molecular weight is 378 g/mol. The number of halogens is 2. The largest absolute Gasteiger partial charge is 0.492 e. The van der Waals surface area contributed by atoms with E-state index in [1.165, 1.54) is 35.7 Å². The number of aryl methyl sites for hydroxylation is 2. The van der Waals surface area contributed by atoms with Crippen LogP contribution in [0.3, 0.4) is 0 Å². The van der Waals surface area contributed by atoms with Gasteiger partial charge in [0, 0.05) is 4.47 Å². The number of hydrogen-bond donors (Lipinski definition) is 1. The lowest BCUT2D eigenvalue weighted by Gasteiger charge is -2.10. The van der Waals surface area contributed by atoms with Crippen LogP contribution in [0.5, 0.6) is 5.75 Å². The van der Waals surface area contributed by atoms with Gasteiger partial charge in [0.25, 0.3) is 5.91 Å². The van der Waals surface area contributed by atoms with E-state index in [4.69, 9.17) is 4.74 Å². The average Bonchev–Trinajstić information content (AvgIpc) is 2.99. The van der Waals surface area contributed by atoms with Crippen molar-refractivity contribution in [1.82, 2.24) is 5.32 Å². The van der Waals surface area contributed by atoms with Gasteiger partial charge in [-0.2, -0.15) is 0 Å². The van der Waals surface area contributed by atoms with Crippen molar-refractivity contribution >= 4 is 21.8 Å². The summed E-state index contributed by atoms with van der Waals surface area (Å²) in [5.41, 5.74) is 3.18. The van der Waals surface area contributed by atoms with Gasteiger partial charge in [0.15, 0.2) is 0 Å². The van der Waals surface area contributed by atoms with Crippen molar-refractivity contribution < 1.29 is 13.9 Å². The first kappa shape index (κ1) is 16.0. The van der Waals surface area contributed by atoms with Gasteiger partial charge in [-0.3, -0.25) is 4.79 Å². The molecule has 3 rings (SSSR count). The number of carbonyl (C=O) groups is 1. The number of amides is 1. The fourth-order valence-electron chi connectivity index (χ4n) is 2.74. The summed E-state index contributed by atoms with van der Waals surface area (Å²) in [6, 6.07) is 10.2. The summed E-state index contributed by atoms with van der Waals surface area (Å²) in [5.74, 6) is 0.200. The molecule has 120 valence electrons. The maximum Gasteiger partial charge on any atom is 0.252 e. The molecule has 0 unspecified atom stereocenters. The minimum absolute atomic E-state index is 0.255. The number of ether oxygens (including phenoxy) is 1. The van der Waals surface area contributed by atoms with E-state index in [1.807, 2.05) is 6.07 Å². The minimum Gasteiger partial charge on any atom is -0.492 e. The van der Waals surface area contributed by atoms with Crippen molar-refractivity contribution in [3.8, 4) is 5.75 Å². The van der Waals surface area contributed by atoms with E-state index in [-0.39, 0.29) is 11.7 Å². The van der Waals surface area contributed by atoms with Crippen LogP contribution in [-0.2, 0) is 12.8 Å². The monoisotopic (exact) mass is 377 g/mol. The number of benzene rings is 2. The van der Waals surface area contributed by atoms with Crippen LogP contribution in [0, 0.1) is 5.82 Å². The first-order chi connectivity index (χ1) is 11.1. The number of nitrogens with one attached hydrogen (secondary N) is 1. The number of rotatable bonds is 5. The van der Waals surface area contributed by atoms with Crippen molar-refractivity contribution in [1.29, 1.82) is 0 Å². The third-order valence-corrected chi connectivity index (χ3v) is 4.56. The second-order valence-electron chi connectivity index (χ2n) is 5.51. The molecule has 0 spiro atoms. The van der Waals surface area contributed by atoms with Gasteiger partial charge in [-0.15, -0.1) is 0 Å². The van der Waals surface area contributed by atoms with E-state index >= 15 is 0 Å². The highest BCUT2D eigenvalue weighted by Gasteiger charge is 2.12. The van der Waals surface area contributed by atoms with Gasteiger partial charge in [-0.25, -0.2) is 4.39 Å². The molecule has 0 atom stereocenters. The summed E-state index contributed by atoms with van der Waals surface area (Å²) in [6.07, 6.45) is 3.47. The third-order valence-electron chi connectivity index (χ3n) is 3.90. The molecule has 1 aliphatic rings. The molecule has 0 aromatic heterocycles. The van der Waals surface area contributed by atoms with Gasteiger partial charge in [0.2, 0.25) is 0 Å². The van der Waals surface area contributed by atoms with Crippen molar-refractivity contribution in [2.75, 3.05) is 13.2 Å². The predicted molar refractivity (Wildman–Crippen MR) is 90.4 cm³/mol. The van der Waals surface area contributed by atoms with Crippen LogP contribution in [0.2, 0.25) is 0 Å². The Morgan fingerprint density at radius 2 is 2.00 bits per heavy atom. The van der Waals surface area contributed by atoms with Gasteiger partial charge >= 0.3 is 0 Å². The molecule has 0 heterocycles. The van der Waals surface area contributed by atoms with E-state index in [1.54, 1.807) is 0 Å². The van der Waals surface area contributed by atoms with Crippen LogP contribution < -0.4 is 10.1 Å². The molecule has 1 aliphatic carbocycles. The molecule has 1 amide bonds. The van der Waals surface area contributed by atoms with Crippen LogP contribution in [0.25, 0.3) is 0 Å². The third kappa shape index (κ3) is 3.91. The molecule has 0 fully saturated rings. The van der Waals surface area contributed by atoms with Crippen molar-refractivity contribution in [2.24, 2.45) is 0 Å². The fraction of sp³-hybridized carbons (Fsp3) is 0.278. The molecule has 5 heteroatoms. The highest BCUT2D eigenvalue weighted by atomic mass is 79.9. The minimum atomic E-state index is -0.381. The lowest BCUT2D eigenvalue weighted by Crippen LogP contribution is -2.28. The highest BCUT2D eigenvalue weighted by Crippen LogP contribution is 2.25. The summed E-state index contributed by atoms with van der Waals surface area (Å²) in [5, 5.41) is 2.77. The first-order valence-electron chi connectivity index (χ1n) is 7.61. The zero-order valence-corrected chi connectivity index (χ0v) is 14.2. The Hall–Kier alpha value is -1.88. The zero-order valence-electron chi connectivity index (χ0n) is 12.6. The van der Waals surface area contributed by atoms with Crippen molar-refractivity contribution in [2.45, 2.75) is 19.3 Å². The number of carbonyl (C=O) groups excluding carboxylic acids is 1. The maximum absolute atomic E-state index is 13.0. The van der Waals surface area contributed by atoms with Crippen LogP contribution in [0.1, 0.15) is 27.9 Å². The number of fused-ring (bicyclic) bond motifs is 1. The topological polar surface area (TPSA) is 38.3 Å². The molecule has 0 saturated carbocycles. The Morgan fingerprint density at radius 1 is 1.17 bits per heavy atom. The van der Waals surface area contributed by atoms with Gasteiger partial charge in [0.1, 0.15) is 18.2 Å². The molecule has 2 aromatic carbocycles. The molecular formula is C18H17BrFNO2. The summed E-state index contributed by atoms with van der Waals surface area (Å²) < 4.78 is 19.1. The summed E-state index contributed by atoms with van der Waals surface area (Å²) >= 11 is 3.19. The Bertz CT molecular complexity index is 733. The van der Waals surface area contributed by atoms with Crippen molar-refractivity contribution in [3.63, 3.8) is 0 Å². The van der Waals surface area contributed by atoms with Crippen LogP contribution in [0.4, 0.5) is 4.39 Å². The van der Waals surface area contributed by atoms with E-state index < -0.39 is 0 Å². The van der Waals surface area contributed by atoms with E-state index in [0.717, 1.165) is 18.6 Å². The Morgan fingerprint density at radius 3 is 2.83 bits per heavy atom. The lowest BCUT2D eigenvalue weighted by molar-refractivity contribution is 0.0946. The van der Waals surface area contributed by atoms with E-state index in [0.29, 0.717) is 23.2 Å². The maximum atomic E-state index is 13.0. The first-order valence-corrected chi connectivity index (χ1v) is 8.40. The quantitative estimate of drug-likeness (QED) is 0.802. The van der Waals surface area contributed by atoms with Gasteiger partial charge in [-0.1, -0.05) is 6.07 Å². The second kappa shape index (κ2) is 7.13. The van der Waals surface area contributed by atoms with Gasteiger partial charge in [-0.05, 0) is 76.7 Å². The highest BCUT2D eigenvalue weighted by molar-refractivity contribution is 9.10. The molecule has 1 N–H and O–H groups in total. The smallest absolute Gasteiger partial charge is 0.252 e. The van der Waals surface area contributed by atoms with Gasteiger partial charge in [0.05, 0.1) is 12.1 Å². The molecule has 0 bridgehead atoms.